The van der Waals surface area contributed by atoms with Crippen molar-refractivity contribution in [2.45, 2.75) is 58.0 Å². The van der Waals surface area contributed by atoms with Crippen LogP contribution in [0.4, 0.5) is 5.95 Å². The topological polar surface area (TPSA) is 58.6 Å². The molecule has 2 aliphatic heterocycles. The van der Waals surface area contributed by atoms with E-state index in [1.54, 1.807) is 12.4 Å². The van der Waals surface area contributed by atoms with Crippen LogP contribution in [-0.2, 0) is 9.53 Å². The SMILES string of the molecule is CCC(=O)N1CCC(OCC[C@@H]2C[C@@H]2C2CCN(c3ncc(Cl)cn3)CC2)CC1. The zero-order chi connectivity index (χ0) is 20.2. The average Bonchev–Trinajstić information content (AvgIpc) is 3.54. The summed E-state index contributed by atoms with van der Waals surface area (Å²) in [4.78, 5) is 24.7. The molecule has 3 heterocycles. The molecule has 0 unspecified atom stereocenters. The predicted molar refractivity (Wildman–Crippen MR) is 114 cm³/mol. The van der Waals surface area contributed by atoms with E-state index in [0.717, 1.165) is 69.3 Å². The Balaban J connectivity index is 1.10. The number of hydrogen-bond donors (Lipinski definition) is 0. The second-order valence-corrected chi connectivity index (χ2v) is 9.21. The fourth-order valence-electron chi connectivity index (χ4n) is 5.06. The van der Waals surface area contributed by atoms with Gasteiger partial charge in [0.05, 0.1) is 23.5 Å². The van der Waals surface area contributed by atoms with Crippen LogP contribution in [0.1, 0.15) is 51.9 Å². The van der Waals surface area contributed by atoms with Crippen LogP contribution in [0.2, 0.25) is 5.02 Å². The Bertz CT molecular complexity index is 670. The number of likely N-dealkylation sites (tertiary alicyclic amines) is 1. The van der Waals surface area contributed by atoms with Gasteiger partial charge in [-0.05, 0) is 56.3 Å². The lowest BCUT2D eigenvalue weighted by molar-refractivity contribution is -0.133. The van der Waals surface area contributed by atoms with Gasteiger partial charge in [0.25, 0.3) is 0 Å². The molecule has 0 spiro atoms. The van der Waals surface area contributed by atoms with Crippen molar-refractivity contribution in [2.75, 3.05) is 37.7 Å². The summed E-state index contributed by atoms with van der Waals surface area (Å²) in [5, 5.41) is 0.590. The fourth-order valence-corrected chi connectivity index (χ4v) is 5.16. The van der Waals surface area contributed by atoms with Crippen molar-refractivity contribution in [3.8, 4) is 0 Å². The highest BCUT2D eigenvalue weighted by atomic mass is 35.5. The second kappa shape index (κ2) is 9.61. The van der Waals surface area contributed by atoms with Crippen LogP contribution in [0.3, 0.4) is 0 Å². The van der Waals surface area contributed by atoms with E-state index in [9.17, 15) is 4.79 Å². The van der Waals surface area contributed by atoms with E-state index < -0.39 is 0 Å². The van der Waals surface area contributed by atoms with E-state index >= 15 is 0 Å². The number of piperidine rings is 2. The number of rotatable bonds is 7. The van der Waals surface area contributed by atoms with E-state index in [2.05, 4.69) is 14.9 Å². The summed E-state index contributed by atoms with van der Waals surface area (Å²) < 4.78 is 6.14. The van der Waals surface area contributed by atoms with Gasteiger partial charge in [0.2, 0.25) is 11.9 Å². The van der Waals surface area contributed by atoms with Gasteiger partial charge in [0.1, 0.15) is 0 Å². The number of aromatic nitrogens is 2. The first kappa shape index (κ1) is 20.9. The number of anilines is 1. The van der Waals surface area contributed by atoms with Crippen molar-refractivity contribution in [1.82, 2.24) is 14.9 Å². The molecule has 3 aliphatic rings. The third-order valence-electron chi connectivity index (χ3n) is 6.95. The second-order valence-electron chi connectivity index (χ2n) is 8.78. The molecule has 1 aliphatic carbocycles. The summed E-state index contributed by atoms with van der Waals surface area (Å²) in [5.74, 6) is 3.65. The number of carbonyl (C=O) groups is 1. The average molecular weight is 421 g/mol. The molecule has 4 rings (SSSR count). The molecule has 1 aromatic heterocycles. The minimum atomic E-state index is 0.276. The Hall–Kier alpha value is -1.40. The monoisotopic (exact) mass is 420 g/mol. The normalized spacial score (nSPS) is 26.0. The van der Waals surface area contributed by atoms with Gasteiger partial charge in [0, 0.05) is 39.2 Å². The van der Waals surface area contributed by atoms with Crippen LogP contribution in [0, 0.1) is 17.8 Å². The quantitative estimate of drug-likeness (QED) is 0.671. The lowest BCUT2D eigenvalue weighted by Gasteiger charge is -2.32. The molecule has 160 valence electrons. The molecule has 3 fully saturated rings. The summed E-state index contributed by atoms with van der Waals surface area (Å²) >= 11 is 5.89. The van der Waals surface area contributed by atoms with Gasteiger partial charge in [-0.1, -0.05) is 18.5 Å². The Morgan fingerprint density at radius 2 is 1.83 bits per heavy atom. The maximum atomic E-state index is 11.8. The molecular formula is C22H33ClN4O2. The van der Waals surface area contributed by atoms with Gasteiger partial charge in [-0.2, -0.15) is 0 Å². The van der Waals surface area contributed by atoms with E-state index in [-0.39, 0.29) is 5.91 Å². The molecule has 6 nitrogen and oxygen atoms in total. The number of nitrogens with zero attached hydrogens (tertiary/aromatic N) is 4. The Morgan fingerprint density at radius 3 is 2.48 bits per heavy atom. The van der Waals surface area contributed by atoms with E-state index in [1.165, 1.54) is 25.7 Å². The molecule has 0 bridgehead atoms. The molecular weight excluding hydrogens is 388 g/mol. The molecule has 7 heteroatoms. The Kier molecular flexibility index (Phi) is 6.91. The molecule has 2 atom stereocenters. The highest BCUT2D eigenvalue weighted by Gasteiger charge is 2.43. The summed E-state index contributed by atoms with van der Waals surface area (Å²) in [6.07, 6.45) is 11.3. The highest BCUT2D eigenvalue weighted by Crippen LogP contribution is 2.49. The lowest BCUT2D eigenvalue weighted by Crippen LogP contribution is -2.40. The number of ether oxygens (including phenoxy) is 1. The van der Waals surface area contributed by atoms with Crippen molar-refractivity contribution >= 4 is 23.5 Å². The maximum absolute atomic E-state index is 11.8. The van der Waals surface area contributed by atoms with Gasteiger partial charge < -0.3 is 14.5 Å². The zero-order valence-corrected chi connectivity index (χ0v) is 18.2. The summed E-state index contributed by atoms with van der Waals surface area (Å²) in [6, 6.07) is 0. The van der Waals surface area contributed by atoms with Crippen molar-refractivity contribution < 1.29 is 9.53 Å². The first-order valence-electron chi connectivity index (χ1n) is 11.3. The van der Waals surface area contributed by atoms with Crippen LogP contribution in [0.15, 0.2) is 12.4 Å². The third-order valence-corrected chi connectivity index (χ3v) is 7.15. The largest absolute Gasteiger partial charge is 0.378 e. The highest BCUT2D eigenvalue weighted by molar-refractivity contribution is 6.30. The number of carbonyl (C=O) groups excluding carboxylic acids is 1. The van der Waals surface area contributed by atoms with Crippen molar-refractivity contribution in [2.24, 2.45) is 17.8 Å². The van der Waals surface area contributed by atoms with Gasteiger partial charge in [-0.15, -0.1) is 0 Å². The van der Waals surface area contributed by atoms with Crippen LogP contribution < -0.4 is 4.90 Å². The number of hydrogen-bond acceptors (Lipinski definition) is 5. The van der Waals surface area contributed by atoms with Crippen LogP contribution in [-0.4, -0.2) is 59.7 Å². The summed E-state index contributed by atoms with van der Waals surface area (Å²) in [7, 11) is 0. The molecule has 2 saturated heterocycles. The lowest BCUT2D eigenvalue weighted by atomic mass is 9.90. The number of amides is 1. The van der Waals surface area contributed by atoms with Crippen molar-refractivity contribution in [1.29, 1.82) is 0 Å². The van der Waals surface area contributed by atoms with Crippen LogP contribution >= 0.6 is 11.6 Å². The van der Waals surface area contributed by atoms with E-state index in [4.69, 9.17) is 16.3 Å². The minimum Gasteiger partial charge on any atom is -0.378 e. The number of halogens is 1. The smallest absolute Gasteiger partial charge is 0.225 e. The van der Waals surface area contributed by atoms with Crippen LogP contribution in [0.25, 0.3) is 0 Å². The van der Waals surface area contributed by atoms with Crippen LogP contribution in [0.5, 0.6) is 0 Å². The Morgan fingerprint density at radius 1 is 1.14 bits per heavy atom. The molecule has 1 saturated carbocycles. The summed E-state index contributed by atoms with van der Waals surface area (Å²) in [5.41, 5.74) is 0. The van der Waals surface area contributed by atoms with Gasteiger partial charge in [-0.25, -0.2) is 9.97 Å². The minimum absolute atomic E-state index is 0.276. The van der Waals surface area contributed by atoms with Gasteiger partial charge >= 0.3 is 0 Å². The molecule has 1 aromatic rings. The van der Waals surface area contributed by atoms with Crippen molar-refractivity contribution in [3.63, 3.8) is 0 Å². The molecule has 29 heavy (non-hydrogen) atoms. The molecule has 0 aromatic carbocycles. The zero-order valence-electron chi connectivity index (χ0n) is 17.4. The third kappa shape index (κ3) is 5.40. The first-order valence-corrected chi connectivity index (χ1v) is 11.6. The Labute approximate surface area is 179 Å². The van der Waals surface area contributed by atoms with Gasteiger partial charge in [-0.3, -0.25) is 4.79 Å². The van der Waals surface area contributed by atoms with Crippen molar-refractivity contribution in [3.05, 3.63) is 17.4 Å². The first-order chi connectivity index (χ1) is 14.1. The van der Waals surface area contributed by atoms with E-state index in [0.29, 0.717) is 17.5 Å². The fraction of sp³-hybridized carbons (Fsp3) is 0.773. The molecule has 0 radical (unpaired) electrons. The van der Waals surface area contributed by atoms with Gasteiger partial charge in [0.15, 0.2) is 0 Å². The standard InChI is InChI=1S/C22H33ClN4O2/c1-2-21(28)26-10-5-19(6-11-26)29-12-7-17-13-20(17)16-3-8-27(9-4-16)22-24-14-18(23)15-25-22/h14-17,19-20H,2-13H2,1H3/t17-,20-/m1/s1. The molecule has 0 N–H and O–H groups in total. The predicted octanol–water partition coefficient (Wildman–Crippen LogP) is 3.79. The van der Waals surface area contributed by atoms with E-state index in [1.807, 2.05) is 11.8 Å². The molecule has 1 amide bonds. The maximum Gasteiger partial charge on any atom is 0.225 e. The summed E-state index contributed by atoms with van der Waals surface area (Å²) in [6.45, 7) is 6.62.